The van der Waals surface area contributed by atoms with Gasteiger partial charge in [-0.2, -0.15) is 5.26 Å². The van der Waals surface area contributed by atoms with Gasteiger partial charge in [-0.05, 0) is 49.8 Å². The SMILES string of the molecule is N#Cc1ccccc1-c1ccccc1C(=O)OCC(=O)NCCC1=CCCCC1. The standard InChI is InChI=1S/C24H24N2O3/c25-16-19-10-4-5-11-20(19)21-12-6-7-13-22(21)24(28)29-17-23(27)26-15-14-18-8-2-1-3-9-18/h4-8,10-13H,1-3,9,14-15,17H2,(H,26,27). The summed E-state index contributed by atoms with van der Waals surface area (Å²) >= 11 is 0. The molecule has 5 heteroatoms. The zero-order valence-electron chi connectivity index (χ0n) is 16.3. The van der Waals surface area contributed by atoms with Gasteiger partial charge in [-0.25, -0.2) is 4.79 Å². The Labute approximate surface area is 171 Å². The first kappa shape index (κ1) is 20.3. The van der Waals surface area contributed by atoms with Crippen LogP contribution in [0.2, 0.25) is 0 Å². The molecule has 0 radical (unpaired) electrons. The van der Waals surface area contributed by atoms with E-state index >= 15 is 0 Å². The molecule has 2 aromatic rings. The summed E-state index contributed by atoms with van der Waals surface area (Å²) in [5.41, 5.74) is 3.46. The Morgan fingerprint density at radius 1 is 1.03 bits per heavy atom. The highest BCUT2D eigenvalue weighted by Gasteiger charge is 2.17. The number of carbonyl (C=O) groups excluding carboxylic acids is 2. The molecule has 0 unspecified atom stereocenters. The molecule has 0 bridgehead atoms. The monoisotopic (exact) mass is 388 g/mol. The van der Waals surface area contributed by atoms with Crippen LogP contribution >= 0.6 is 0 Å². The number of allylic oxidation sites excluding steroid dienone is 1. The predicted molar refractivity (Wildman–Crippen MR) is 111 cm³/mol. The van der Waals surface area contributed by atoms with Gasteiger partial charge < -0.3 is 10.1 Å². The van der Waals surface area contributed by atoms with Gasteiger partial charge in [-0.1, -0.05) is 48.0 Å². The number of amides is 1. The second-order valence-corrected chi connectivity index (χ2v) is 6.99. The Morgan fingerprint density at radius 3 is 2.55 bits per heavy atom. The Hall–Kier alpha value is -3.39. The lowest BCUT2D eigenvalue weighted by atomic mass is 9.96. The molecule has 3 rings (SSSR count). The first-order valence-electron chi connectivity index (χ1n) is 9.89. The zero-order valence-corrected chi connectivity index (χ0v) is 16.3. The van der Waals surface area contributed by atoms with E-state index in [1.54, 1.807) is 42.5 Å². The molecule has 0 saturated heterocycles. The maximum atomic E-state index is 12.6. The molecule has 0 aromatic heterocycles. The van der Waals surface area contributed by atoms with E-state index < -0.39 is 5.97 Å². The fraction of sp³-hybridized carbons (Fsp3) is 0.292. The molecule has 0 saturated carbocycles. The van der Waals surface area contributed by atoms with Gasteiger partial charge in [0, 0.05) is 12.1 Å². The van der Waals surface area contributed by atoms with Crippen LogP contribution in [0.5, 0.6) is 0 Å². The van der Waals surface area contributed by atoms with E-state index in [-0.39, 0.29) is 12.5 Å². The number of nitrogens with zero attached hydrogens (tertiary/aromatic N) is 1. The molecular formula is C24H24N2O3. The van der Waals surface area contributed by atoms with Gasteiger partial charge in [0.25, 0.3) is 5.91 Å². The number of hydrogen-bond acceptors (Lipinski definition) is 4. The number of esters is 1. The topological polar surface area (TPSA) is 79.2 Å². The smallest absolute Gasteiger partial charge is 0.339 e. The molecule has 2 aromatic carbocycles. The molecule has 148 valence electrons. The van der Waals surface area contributed by atoms with E-state index in [2.05, 4.69) is 17.5 Å². The van der Waals surface area contributed by atoms with E-state index in [1.165, 1.54) is 18.4 Å². The van der Waals surface area contributed by atoms with E-state index in [0.717, 1.165) is 19.3 Å². The van der Waals surface area contributed by atoms with Crippen molar-refractivity contribution >= 4 is 11.9 Å². The lowest BCUT2D eigenvalue weighted by molar-refractivity contribution is -0.124. The van der Waals surface area contributed by atoms with Crippen molar-refractivity contribution in [1.29, 1.82) is 5.26 Å². The number of benzene rings is 2. The molecule has 1 amide bonds. The van der Waals surface area contributed by atoms with Gasteiger partial charge in [-0.3, -0.25) is 4.79 Å². The predicted octanol–water partition coefficient (Wildman–Crippen LogP) is 4.39. The van der Waals surface area contributed by atoms with Crippen molar-refractivity contribution in [2.24, 2.45) is 0 Å². The van der Waals surface area contributed by atoms with E-state index in [0.29, 0.717) is 28.8 Å². The van der Waals surface area contributed by atoms with Crippen LogP contribution in [-0.2, 0) is 9.53 Å². The highest BCUT2D eigenvalue weighted by molar-refractivity contribution is 5.98. The summed E-state index contributed by atoms with van der Waals surface area (Å²) in [7, 11) is 0. The van der Waals surface area contributed by atoms with Gasteiger partial charge in [-0.15, -0.1) is 0 Å². The lowest BCUT2D eigenvalue weighted by Crippen LogP contribution is -2.30. The Balaban J connectivity index is 1.58. The number of nitriles is 1. The van der Waals surface area contributed by atoms with Crippen molar-refractivity contribution in [2.45, 2.75) is 32.1 Å². The molecule has 5 nitrogen and oxygen atoms in total. The van der Waals surface area contributed by atoms with Crippen LogP contribution in [0.25, 0.3) is 11.1 Å². The number of ether oxygens (including phenoxy) is 1. The highest BCUT2D eigenvalue weighted by atomic mass is 16.5. The third kappa shape index (κ3) is 5.55. The second-order valence-electron chi connectivity index (χ2n) is 6.99. The average Bonchev–Trinajstić information content (AvgIpc) is 2.78. The summed E-state index contributed by atoms with van der Waals surface area (Å²) in [6.45, 7) is 0.223. The van der Waals surface area contributed by atoms with Crippen molar-refractivity contribution in [1.82, 2.24) is 5.32 Å². The molecular weight excluding hydrogens is 364 g/mol. The van der Waals surface area contributed by atoms with E-state index in [9.17, 15) is 14.9 Å². The average molecular weight is 388 g/mol. The molecule has 1 aliphatic carbocycles. The maximum Gasteiger partial charge on any atom is 0.339 e. The Kier molecular flexibility index (Phi) is 7.18. The molecule has 1 aliphatic rings. The highest BCUT2D eigenvalue weighted by Crippen LogP contribution is 2.27. The van der Waals surface area contributed by atoms with Crippen LogP contribution in [0.4, 0.5) is 0 Å². The van der Waals surface area contributed by atoms with Gasteiger partial charge >= 0.3 is 5.97 Å². The second kappa shape index (κ2) is 10.2. The number of nitrogens with one attached hydrogen (secondary N) is 1. The van der Waals surface area contributed by atoms with Crippen LogP contribution in [0.3, 0.4) is 0 Å². The van der Waals surface area contributed by atoms with Crippen molar-refractivity contribution in [3.8, 4) is 17.2 Å². The van der Waals surface area contributed by atoms with Crippen molar-refractivity contribution in [3.05, 3.63) is 71.3 Å². The largest absolute Gasteiger partial charge is 0.452 e. The molecule has 29 heavy (non-hydrogen) atoms. The first-order chi connectivity index (χ1) is 14.2. The third-order valence-corrected chi connectivity index (χ3v) is 4.97. The summed E-state index contributed by atoms with van der Waals surface area (Å²) in [5.74, 6) is -0.900. The van der Waals surface area contributed by atoms with Gasteiger partial charge in [0.1, 0.15) is 0 Å². The fourth-order valence-electron chi connectivity index (χ4n) is 3.47. The van der Waals surface area contributed by atoms with Crippen LogP contribution in [-0.4, -0.2) is 25.0 Å². The molecule has 0 spiro atoms. The van der Waals surface area contributed by atoms with Gasteiger partial charge in [0.05, 0.1) is 17.2 Å². The summed E-state index contributed by atoms with van der Waals surface area (Å²) in [6.07, 6.45) is 7.78. The van der Waals surface area contributed by atoms with Crippen molar-refractivity contribution in [3.63, 3.8) is 0 Å². The van der Waals surface area contributed by atoms with Crippen LogP contribution in [0.1, 0.15) is 48.0 Å². The number of hydrogen-bond donors (Lipinski definition) is 1. The van der Waals surface area contributed by atoms with Crippen molar-refractivity contribution in [2.75, 3.05) is 13.2 Å². The summed E-state index contributed by atoms with van der Waals surface area (Å²) in [6, 6.07) is 16.2. The van der Waals surface area contributed by atoms with Crippen molar-refractivity contribution < 1.29 is 14.3 Å². The Morgan fingerprint density at radius 2 is 1.79 bits per heavy atom. The summed E-state index contributed by atoms with van der Waals surface area (Å²) in [5, 5.41) is 12.1. The minimum Gasteiger partial charge on any atom is -0.452 e. The zero-order chi connectivity index (χ0) is 20.5. The molecule has 1 N–H and O–H groups in total. The fourth-order valence-corrected chi connectivity index (χ4v) is 3.47. The quantitative estimate of drug-likeness (QED) is 0.564. The van der Waals surface area contributed by atoms with Crippen LogP contribution in [0, 0.1) is 11.3 Å². The molecule has 0 heterocycles. The third-order valence-electron chi connectivity index (χ3n) is 4.97. The summed E-state index contributed by atoms with van der Waals surface area (Å²) < 4.78 is 5.22. The summed E-state index contributed by atoms with van der Waals surface area (Å²) in [4.78, 5) is 24.6. The van der Waals surface area contributed by atoms with E-state index in [1.807, 2.05) is 6.07 Å². The number of carbonyl (C=O) groups is 2. The molecule has 0 aliphatic heterocycles. The minimum atomic E-state index is -0.585. The Bertz CT molecular complexity index is 957. The molecule has 0 atom stereocenters. The first-order valence-corrected chi connectivity index (χ1v) is 9.89. The van der Waals surface area contributed by atoms with Gasteiger partial charge in [0.15, 0.2) is 6.61 Å². The van der Waals surface area contributed by atoms with Crippen LogP contribution < -0.4 is 5.32 Å². The number of rotatable bonds is 7. The minimum absolute atomic E-state index is 0.315. The van der Waals surface area contributed by atoms with Gasteiger partial charge in [0.2, 0.25) is 0 Å². The van der Waals surface area contributed by atoms with E-state index in [4.69, 9.17) is 4.74 Å². The van der Waals surface area contributed by atoms with Crippen LogP contribution in [0.15, 0.2) is 60.2 Å². The maximum absolute atomic E-state index is 12.6. The normalized spacial score (nSPS) is 13.1. The molecule has 0 fully saturated rings. The lowest BCUT2D eigenvalue weighted by Gasteiger charge is -2.13.